The van der Waals surface area contributed by atoms with Crippen molar-refractivity contribution in [3.63, 3.8) is 0 Å². The summed E-state index contributed by atoms with van der Waals surface area (Å²) in [6.45, 7) is 0.365. The van der Waals surface area contributed by atoms with Gasteiger partial charge in [0.2, 0.25) is 0 Å². The highest BCUT2D eigenvalue weighted by atomic mass is 32.2. The number of nitrogens with zero attached hydrogens (tertiary/aromatic N) is 1. The Labute approximate surface area is 131 Å². The SMILES string of the molecule is CN(CC(C)(CO)CO)c1ccc(F)cc1S(=O)(=O)C(F)(F)F. The highest BCUT2D eigenvalue weighted by Crippen LogP contribution is 2.36. The third kappa shape index (κ3) is 4.12. The maximum Gasteiger partial charge on any atom is 0.501 e. The van der Waals surface area contributed by atoms with Gasteiger partial charge in [-0.3, -0.25) is 0 Å². The second-order valence-corrected chi connectivity index (χ2v) is 7.45. The first kappa shape index (κ1) is 19.7. The Morgan fingerprint density at radius 3 is 2.13 bits per heavy atom. The molecule has 1 aromatic carbocycles. The van der Waals surface area contributed by atoms with Gasteiger partial charge in [0.05, 0.1) is 18.9 Å². The number of rotatable bonds is 6. The van der Waals surface area contributed by atoms with Crippen LogP contribution in [0.3, 0.4) is 0 Å². The number of aliphatic hydroxyl groups excluding tert-OH is 2. The van der Waals surface area contributed by atoms with E-state index in [2.05, 4.69) is 0 Å². The van der Waals surface area contributed by atoms with E-state index < -0.39 is 44.7 Å². The molecule has 0 bridgehead atoms. The molecule has 0 radical (unpaired) electrons. The minimum absolute atomic E-state index is 0.147. The van der Waals surface area contributed by atoms with Crippen LogP contribution in [0.15, 0.2) is 23.1 Å². The fourth-order valence-electron chi connectivity index (χ4n) is 1.95. The number of aliphatic hydroxyl groups is 2. The van der Waals surface area contributed by atoms with Gasteiger partial charge in [0.25, 0.3) is 9.84 Å². The monoisotopic (exact) mass is 359 g/mol. The Morgan fingerprint density at radius 2 is 1.70 bits per heavy atom. The van der Waals surface area contributed by atoms with Gasteiger partial charge in [-0.15, -0.1) is 0 Å². The van der Waals surface area contributed by atoms with Gasteiger partial charge in [0.15, 0.2) is 0 Å². The van der Waals surface area contributed by atoms with E-state index in [0.717, 1.165) is 17.0 Å². The summed E-state index contributed by atoms with van der Waals surface area (Å²) in [7, 11) is -4.47. The Balaban J connectivity index is 3.39. The molecule has 0 aliphatic carbocycles. The van der Waals surface area contributed by atoms with Crippen molar-refractivity contribution in [1.29, 1.82) is 0 Å². The van der Waals surface area contributed by atoms with Crippen LogP contribution in [-0.4, -0.2) is 50.9 Å². The fourth-order valence-corrected chi connectivity index (χ4v) is 2.97. The molecule has 0 fully saturated rings. The first-order valence-electron chi connectivity index (χ1n) is 6.42. The minimum Gasteiger partial charge on any atom is -0.396 e. The smallest absolute Gasteiger partial charge is 0.396 e. The summed E-state index contributed by atoms with van der Waals surface area (Å²) < 4.78 is 74.8. The maximum absolute atomic E-state index is 13.3. The number of alkyl halides is 3. The zero-order valence-corrected chi connectivity index (χ0v) is 13.2. The van der Waals surface area contributed by atoms with Gasteiger partial charge >= 0.3 is 5.51 Å². The van der Waals surface area contributed by atoms with Crippen LogP contribution < -0.4 is 4.90 Å². The molecule has 23 heavy (non-hydrogen) atoms. The van der Waals surface area contributed by atoms with E-state index in [1.54, 1.807) is 0 Å². The second kappa shape index (κ2) is 6.62. The molecule has 0 unspecified atom stereocenters. The lowest BCUT2D eigenvalue weighted by molar-refractivity contribution is -0.0435. The van der Waals surface area contributed by atoms with Gasteiger partial charge in [-0.1, -0.05) is 6.92 Å². The molecule has 0 aliphatic heterocycles. The van der Waals surface area contributed by atoms with E-state index in [9.17, 15) is 36.2 Å². The molecule has 132 valence electrons. The van der Waals surface area contributed by atoms with E-state index in [4.69, 9.17) is 0 Å². The molecular weight excluding hydrogens is 342 g/mol. The van der Waals surface area contributed by atoms with Crippen LogP contribution in [0.5, 0.6) is 0 Å². The molecule has 0 amide bonds. The van der Waals surface area contributed by atoms with Crippen molar-refractivity contribution >= 4 is 15.5 Å². The van der Waals surface area contributed by atoms with Gasteiger partial charge in [0.1, 0.15) is 10.7 Å². The molecule has 0 saturated carbocycles. The van der Waals surface area contributed by atoms with Crippen LogP contribution in [-0.2, 0) is 9.84 Å². The topological polar surface area (TPSA) is 77.8 Å². The molecule has 0 atom stereocenters. The normalized spacial score (nSPS) is 13.2. The predicted octanol–water partition coefficient (Wildman–Crippen LogP) is 1.55. The Bertz CT molecular complexity index is 656. The third-order valence-corrected chi connectivity index (χ3v) is 4.83. The van der Waals surface area contributed by atoms with Crippen LogP contribution in [0, 0.1) is 11.2 Å². The zero-order chi connectivity index (χ0) is 18.1. The van der Waals surface area contributed by atoms with Crippen LogP contribution >= 0.6 is 0 Å². The highest BCUT2D eigenvalue weighted by Gasteiger charge is 2.48. The van der Waals surface area contributed by atoms with Crippen molar-refractivity contribution in [1.82, 2.24) is 0 Å². The van der Waals surface area contributed by atoms with Crippen molar-refractivity contribution in [3.05, 3.63) is 24.0 Å². The van der Waals surface area contributed by atoms with E-state index in [0.29, 0.717) is 6.07 Å². The molecule has 5 nitrogen and oxygen atoms in total. The summed E-state index contributed by atoms with van der Waals surface area (Å²) in [6.07, 6.45) is 0. The summed E-state index contributed by atoms with van der Waals surface area (Å²) >= 11 is 0. The number of sulfone groups is 1. The molecule has 0 aromatic heterocycles. The van der Waals surface area contributed by atoms with Gasteiger partial charge in [-0.05, 0) is 18.2 Å². The number of hydrogen-bond donors (Lipinski definition) is 2. The van der Waals surface area contributed by atoms with E-state index in [-0.39, 0.29) is 12.2 Å². The van der Waals surface area contributed by atoms with Crippen molar-refractivity contribution in [2.24, 2.45) is 5.41 Å². The molecule has 0 heterocycles. The van der Waals surface area contributed by atoms with Crippen molar-refractivity contribution in [2.75, 3.05) is 31.7 Å². The number of hydrogen-bond acceptors (Lipinski definition) is 5. The Hall–Kier alpha value is -1.39. The zero-order valence-electron chi connectivity index (χ0n) is 12.4. The molecule has 1 aromatic rings. The Morgan fingerprint density at radius 1 is 1.17 bits per heavy atom. The summed E-state index contributed by atoms with van der Waals surface area (Å²) in [5.41, 5.74) is -7.03. The number of benzene rings is 1. The van der Waals surface area contributed by atoms with Gasteiger partial charge in [-0.2, -0.15) is 13.2 Å². The van der Waals surface area contributed by atoms with Gasteiger partial charge in [0, 0.05) is 19.0 Å². The van der Waals surface area contributed by atoms with Crippen molar-refractivity contribution in [2.45, 2.75) is 17.3 Å². The second-order valence-electron chi connectivity index (χ2n) is 5.54. The van der Waals surface area contributed by atoms with Gasteiger partial charge in [-0.25, -0.2) is 12.8 Å². The number of halogens is 4. The molecule has 10 heteroatoms. The van der Waals surface area contributed by atoms with E-state index in [1.807, 2.05) is 0 Å². The van der Waals surface area contributed by atoms with E-state index >= 15 is 0 Å². The largest absolute Gasteiger partial charge is 0.501 e. The lowest BCUT2D eigenvalue weighted by Gasteiger charge is -2.32. The van der Waals surface area contributed by atoms with Crippen LogP contribution in [0.4, 0.5) is 23.2 Å². The van der Waals surface area contributed by atoms with Crippen LogP contribution in [0.2, 0.25) is 0 Å². The highest BCUT2D eigenvalue weighted by molar-refractivity contribution is 7.92. The fraction of sp³-hybridized carbons (Fsp3) is 0.538. The summed E-state index contributed by atoms with van der Waals surface area (Å²) in [4.78, 5) is -0.101. The number of anilines is 1. The standard InChI is InChI=1S/C13H17F4NO4S/c1-12(7-19,8-20)6-18(2)10-4-3-9(14)5-11(10)23(21,22)13(15,16)17/h3-5,19-20H,6-8H2,1-2H3. The summed E-state index contributed by atoms with van der Waals surface area (Å²) in [5.74, 6) is -1.13. The molecule has 1 rings (SSSR count). The lowest BCUT2D eigenvalue weighted by atomic mass is 9.92. The first-order chi connectivity index (χ1) is 10.4. The Kier molecular flexibility index (Phi) is 5.65. The van der Waals surface area contributed by atoms with Crippen LogP contribution in [0.25, 0.3) is 0 Å². The van der Waals surface area contributed by atoms with Gasteiger partial charge < -0.3 is 15.1 Å². The minimum atomic E-state index is -5.75. The van der Waals surface area contributed by atoms with E-state index in [1.165, 1.54) is 14.0 Å². The average Bonchev–Trinajstić information content (AvgIpc) is 2.45. The quantitative estimate of drug-likeness (QED) is 0.754. The summed E-state index contributed by atoms with van der Waals surface area (Å²) in [5, 5.41) is 18.5. The van der Waals surface area contributed by atoms with Crippen molar-refractivity contribution in [3.8, 4) is 0 Å². The molecule has 0 aliphatic rings. The first-order valence-corrected chi connectivity index (χ1v) is 7.90. The lowest BCUT2D eigenvalue weighted by Crippen LogP contribution is -2.39. The third-order valence-electron chi connectivity index (χ3n) is 3.31. The predicted molar refractivity (Wildman–Crippen MR) is 75.2 cm³/mol. The average molecular weight is 359 g/mol. The van der Waals surface area contributed by atoms with Crippen LogP contribution in [0.1, 0.15) is 6.92 Å². The molecule has 0 spiro atoms. The molecule has 2 N–H and O–H groups in total. The van der Waals surface area contributed by atoms with Crippen molar-refractivity contribution < 1.29 is 36.2 Å². The molecular formula is C13H17F4NO4S. The summed E-state index contributed by atoms with van der Waals surface area (Å²) in [6, 6.07) is 2.03. The maximum atomic E-state index is 13.3. The molecule has 0 saturated heterocycles.